The van der Waals surface area contributed by atoms with Gasteiger partial charge in [0, 0.05) is 17.9 Å². The minimum Gasteiger partial charge on any atom is -0.458 e. The summed E-state index contributed by atoms with van der Waals surface area (Å²) in [6.45, 7) is 16.6. The molecular weight excluding hydrogens is 556 g/mol. The molecule has 0 amide bonds. The minimum atomic E-state index is -0.639. The Balaban J connectivity index is 1.61. The van der Waals surface area contributed by atoms with E-state index in [1.54, 1.807) is 6.92 Å². The zero-order valence-corrected chi connectivity index (χ0v) is 28.1. The number of aromatic nitrogens is 3. The lowest BCUT2D eigenvalue weighted by atomic mass is 9.35. The average molecular weight is 612 g/mol. The highest BCUT2D eigenvalue weighted by atomic mass is 16.5. The highest BCUT2D eigenvalue weighted by molar-refractivity contribution is 5.94. The Morgan fingerprint density at radius 2 is 1.82 bits per heavy atom. The van der Waals surface area contributed by atoms with Crippen LogP contribution in [0.1, 0.15) is 112 Å². The van der Waals surface area contributed by atoms with Crippen molar-refractivity contribution in [1.82, 2.24) is 10.3 Å². The van der Waals surface area contributed by atoms with Crippen molar-refractivity contribution >= 4 is 11.8 Å². The van der Waals surface area contributed by atoms with E-state index in [2.05, 4.69) is 57.9 Å². The number of carbonyl (C=O) groups is 2. The summed E-state index contributed by atoms with van der Waals surface area (Å²) in [6.07, 6.45) is 8.09. The number of H-pyrrole nitrogens is 1. The van der Waals surface area contributed by atoms with Crippen molar-refractivity contribution in [2.24, 2.45) is 39.7 Å². The molecule has 4 aliphatic carbocycles. The van der Waals surface area contributed by atoms with Crippen LogP contribution in [0.5, 0.6) is 0 Å². The molecule has 1 heterocycles. The second-order valence-corrected chi connectivity index (χ2v) is 15.6. The number of aliphatic hydroxyl groups excluding tert-OH is 2. The third kappa shape index (κ3) is 4.83. The maximum absolute atomic E-state index is 13.2. The first-order valence-electron chi connectivity index (χ1n) is 16.6. The van der Waals surface area contributed by atoms with Gasteiger partial charge in [-0.15, -0.1) is 0 Å². The molecule has 44 heavy (non-hydrogen) atoms. The second-order valence-electron chi connectivity index (χ2n) is 15.6. The maximum Gasteiger partial charge on any atom is 0.303 e. The van der Waals surface area contributed by atoms with Gasteiger partial charge in [-0.1, -0.05) is 37.6 Å². The van der Waals surface area contributed by atoms with E-state index >= 15 is 0 Å². The SMILES string of the molecule is CC(=O)O[C@H]1C[C@@]2(C)[C@@H](C[C@@H](O)[C@H]3[C@@]4(C)CC[C@@H](O)[C@](C)([n+]5cc(CN)n[nH]5)[C@@H]4CC[C@@]32C)/C1=C(\CCC=C(C)C)C(C)=O. The van der Waals surface area contributed by atoms with Gasteiger partial charge in [-0.3, -0.25) is 9.59 Å². The van der Waals surface area contributed by atoms with Gasteiger partial charge in [-0.25, -0.2) is 0 Å². The summed E-state index contributed by atoms with van der Waals surface area (Å²) in [4.78, 5) is 25.7. The molecule has 244 valence electrons. The van der Waals surface area contributed by atoms with Crippen LogP contribution >= 0.6 is 0 Å². The number of nitrogens with zero attached hydrogens (tertiary/aromatic N) is 2. The fourth-order valence-electron chi connectivity index (χ4n) is 11.0. The number of allylic oxidation sites excluding steroid dienone is 3. The normalized spacial score (nSPS) is 42.5. The largest absolute Gasteiger partial charge is 0.458 e. The number of ether oxygens (including phenoxy) is 1. The summed E-state index contributed by atoms with van der Waals surface area (Å²) in [7, 11) is 0. The highest BCUT2D eigenvalue weighted by Gasteiger charge is 2.73. The molecule has 5 N–H and O–H groups in total. The van der Waals surface area contributed by atoms with Crippen LogP contribution < -0.4 is 10.4 Å². The van der Waals surface area contributed by atoms with Crippen molar-refractivity contribution in [3.63, 3.8) is 0 Å². The second kappa shape index (κ2) is 11.5. The maximum atomic E-state index is 13.2. The van der Waals surface area contributed by atoms with Crippen LogP contribution in [0, 0.1) is 34.0 Å². The standard InChI is InChI=1S/C35H54N4O5/c1-20(2)10-9-11-24(21(3)40)30-25-16-26(42)31-32(5)14-13-29(43)35(8,39-19-23(18-36)37-38-39)28(32)12-15-33(31,6)34(25,7)17-27(30)44-22(4)41/h10,19,25-29,31,42-43H,9,11-18,36H2,1-8H3/p+1/b30-24-/t25-,26+,27-,28+,29+,31-,32-,33-,34-,35+/m0/s1. The number of fused-ring (bicyclic) bond motifs is 5. The number of aromatic amines is 1. The first-order valence-corrected chi connectivity index (χ1v) is 16.6. The van der Waals surface area contributed by atoms with Gasteiger partial charge >= 0.3 is 5.97 Å². The molecule has 9 nitrogen and oxygen atoms in total. The Hall–Kier alpha value is -2.36. The summed E-state index contributed by atoms with van der Waals surface area (Å²) in [5.41, 5.74) is 8.06. The van der Waals surface area contributed by atoms with Crippen LogP contribution in [-0.4, -0.2) is 50.6 Å². The van der Waals surface area contributed by atoms with Crippen molar-refractivity contribution in [3.8, 4) is 0 Å². The number of esters is 1. The Bertz CT molecular complexity index is 1360. The van der Waals surface area contributed by atoms with Crippen LogP contribution in [0.4, 0.5) is 0 Å². The Morgan fingerprint density at radius 3 is 2.41 bits per heavy atom. The molecule has 4 fully saturated rings. The first-order chi connectivity index (χ1) is 20.5. The van der Waals surface area contributed by atoms with Crippen LogP contribution in [0.25, 0.3) is 0 Å². The number of rotatable bonds is 7. The van der Waals surface area contributed by atoms with E-state index in [0.717, 1.165) is 42.5 Å². The molecule has 0 aliphatic heterocycles. The molecule has 0 radical (unpaired) electrons. The lowest BCUT2D eigenvalue weighted by Crippen LogP contribution is -2.75. The molecule has 0 unspecified atom stereocenters. The van der Waals surface area contributed by atoms with Gasteiger partial charge in [0.2, 0.25) is 5.69 Å². The fraction of sp³-hybridized carbons (Fsp3) is 0.771. The molecule has 0 spiro atoms. The highest BCUT2D eigenvalue weighted by Crippen LogP contribution is 2.75. The Morgan fingerprint density at radius 1 is 1.11 bits per heavy atom. The zero-order chi connectivity index (χ0) is 32.4. The number of Topliss-reactive ketones (excluding diaryl/α,β-unsaturated/α-hetero) is 1. The summed E-state index contributed by atoms with van der Waals surface area (Å²) in [5, 5.41) is 31.4. The van der Waals surface area contributed by atoms with Gasteiger partial charge < -0.3 is 20.7 Å². The van der Waals surface area contributed by atoms with Gasteiger partial charge in [0.25, 0.3) is 0 Å². The van der Waals surface area contributed by atoms with Crippen molar-refractivity contribution in [2.75, 3.05) is 0 Å². The summed E-state index contributed by atoms with van der Waals surface area (Å²) < 4.78 is 8.01. The minimum absolute atomic E-state index is 0.0199. The first kappa shape index (κ1) is 33.0. The number of hydrogen-bond acceptors (Lipinski definition) is 7. The molecule has 4 saturated carbocycles. The van der Waals surface area contributed by atoms with Gasteiger partial charge in [0.05, 0.1) is 18.8 Å². The van der Waals surface area contributed by atoms with Crippen molar-refractivity contribution in [3.05, 3.63) is 34.7 Å². The molecule has 1 aromatic rings. The van der Waals surface area contributed by atoms with Crippen LogP contribution in [0.15, 0.2) is 29.0 Å². The van der Waals surface area contributed by atoms with Crippen LogP contribution in [-0.2, 0) is 26.4 Å². The van der Waals surface area contributed by atoms with Crippen molar-refractivity contribution < 1.29 is 29.2 Å². The van der Waals surface area contributed by atoms with Gasteiger partial charge in [-0.05, 0) is 118 Å². The summed E-state index contributed by atoms with van der Waals surface area (Å²) in [5.74, 6) is -0.344. The molecule has 0 aromatic carbocycles. The molecule has 5 rings (SSSR count). The van der Waals surface area contributed by atoms with Gasteiger partial charge in [0.1, 0.15) is 6.10 Å². The quantitative estimate of drug-likeness (QED) is 0.155. The lowest BCUT2D eigenvalue weighted by Gasteiger charge is -2.69. The van der Waals surface area contributed by atoms with E-state index in [-0.39, 0.29) is 45.8 Å². The zero-order valence-electron chi connectivity index (χ0n) is 28.1. The molecule has 0 bridgehead atoms. The van der Waals surface area contributed by atoms with E-state index in [1.807, 2.05) is 10.9 Å². The van der Waals surface area contributed by atoms with E-state index < -0.39 is 23.9 Å². The number of nitrogens with one attached hydrogen (secondary N) is 1. The Kier molecular flexibility index (Phi) is 8.60. The number of nitrogens with two attached hydrogens (primary N) is 1. The third-order valence-electron chi connectivity index (χ3n) is 13.1. The Labute approximate surface area is 262 Å². The summed E-state index contributed by atoms with van der Waals surface area (Å²) in [6, 6.07) is 0. The van der Waals surface area contributed by atoms with E-state index in [0.29, 0.717) is 32.2 Å². The molecule has 0 saturated heterocycles. The smallest absolute Gasteiger partial charge is 0.303 e. The fourth-order valence-corrected chi connectivity index (χ4v) is 11.0. The number of hydrogen-bond donors (Lipinski definition) is 4. The number of aliphatic hydroxyl groups is 2. The van der Waals surface area contributed by atoms with Gasteiger partial charge in [-0.2, -0.15) is 4.68 Å². The van der Waals surface area contributed by atoms with Crippen molar-refractivity contribution in [2.45, 2.75) is 137 Å². The monoisotopic (exact) mass is 611 g/mol. The summed E-state index contributed by atoms with van der Waals surface area (Å²) >= 11 is 0. The van der Waals surface area contributed by atoms with E-state index in [1.165, 1.54) is 12.5 Å². The number of carbonyl (C=O) groups excluding carboxylic acids is 2. The molecule has 4 aliphatic rings. The predicted molar refractivity (Wildman–Crippen MR) is 167 cm³/mol. The van der Waals surface area contributed by atoms with Crippen molar-refractivity contribution in [1.29, 1.82) is 0 Å². The topological polar surface area (TPSA) is 142 Å². The average Bonchev–Trinajstić information content (AvgIpc) is 3.52. The lowest BCUT2D eigenvalue weighted by molar-refractivity contribution is -0.831. The molecule has 10 atom stereocenters. The molecule has 1 aromatic heterocycles. The molecular formula is C35H55N4O5+. The molecule has 9 heteroatoms. The van der Waals surface area contributed by atoms with E-state index in [9.17, 15) is 19.8 Å². The van der Waals surface area contributed by atoms with E-state index in [4.69, 9.17) is 10.5 Å². The van der Waals surface area contributed by atoms with Crippen LogP contribution in [0.2, 0.25) is 0 Å². The third-order valence-corrected chi connectivity index (χ3v) is 13.1. The number of ketones is 1. The predicted octanol–water partition coefficient (Wildman–Crippen LogP) is 4.42. The van der Waals surface area contributed by atoms with Gasteiger partial charge in [0.15, 0.2) is 17.5 Å². The van der Waals surface area contributed by atoms with Crippen LogP contribution in [0.3, 0.4) is 0 Å².